The van der Waals surface area contributed by atoms with Gasteiger partial charge in [0, 0.05) is 0 Å². The van der Waals surface area contributed by atoms with E-state index in [9.17, 15) is 0 Å². The number of benzene rings is 1. The highest BCUT2D eigenvalue weighted by atomic mass is 32.2. The van der Waals surface area contributed by atoms with Crippen molar-refractivity contribution in [2.75, 3.05) is 6.26 Å². The van der Waals surface area contributed by atoms with Gasteiger partial charge in [-0.25, -0.2) is 4.98 Å². The maximum atomic E-state index is 4.58. The first-order valence-electron chi connectivity index (χ1n) is 4.27. The molecule has 2 aromatic rings. The third-order valence-electron chi connectivity index (χ3n) is 2.04. The first-order valence-corrected chi connectivity index (χ1v) is 6.31. The maximum Gasteiger partial charge on any atom is 0.150 e. The van der Waals surface area contributed by atoms with Crippen molar-refractivity contribution in [2.24, 2.45) is 0 Å². The number of hydrogen-bond donors (Lipinski definition) is 0. The van der Waals surface area contributed by atoms with Crippen molar-refractivity contribution in [2.45, 2.75) is 17.7 Å². The topological polar surface area (TPSA) is 12.9 Å². The average molecular weight is 209 g/mol. The molecule has 0 amide bonds. The largest absolute Gasteiger partial charge is 0.229 e. The van der Waals surface area contributed by atoms with Gasteiger partial charge in [-0.3, -0.25) is 0 Å². The summed E-state index contributed by atoms with van der Waals surface area (Å²) in [7, 11) is 0. The molecule has 0 spiro atoms. The zero-order valence-electron chi connectivity index (χ0n) is 7.70. The van der Waals surface area contributed by atoms with Gasteiger partial charge < -0.3 is 0 Å². The number of nitrogens with zero attached hydrogens (tertiary/aromatic N) is 1. The highest BCUT2D eigenvalue weighted by Gasteiger charge is 2.05. The van der Waals surface area contributed by atoms with E-state index in [-0.39, 0.29) is 0 Å². The number of rotatable bonds is 2. The van der Waals surface area contributed by atoms with Gasteiger partial charge in [-0.05, 0) is 24.3 Å². The summed E-state index contributed by atoms with van der Waals surface area (Å²) in [5.41, 5.74) is 2.55. The summed E-state index contributed by atoms with van der Waals surface area (Å²) >= 11 is 3.50. The summed E-state index contributed by atoms with van der Waals surface area (Å²) in [5, 5.41) is 0. The van der Waals surface area contributed by atoms with Crippen LogP contribution in [0, 0.1) is 0 Å². The van der Waals surface area contributed by atoms with E-state index >= 15 is 0 Å². The molecule has 0 atom stereocenters. The Morgan fingerprint density at radius 2 is 2.31 bits per heavy atom. The second-order valence-corrected chi connectivity index (χ2v) is 4.89. The quantitative estimate of drug-likeness (QED) is 0.701. The van der Waals surface area contributed by atoms with Crippen LogP contribution in [0.2, 0.25) is 0 Å². The summed E-state index contributed by atoms with van der Waals surface area (Å²) in [6.45, 7) is 2.17. The summed E-state index contributed by atoms with van der Waals surface area (Å²) in [6.07, 6.45) is 3.14. The molecule has 0 saturated heterocycles. The first kappa shape index (κ1) is 9.03. The molecule has 1 nitrogen and oxygen atoms in total. The molecule has 2 rings (SSSR count). The van der Waals surface area contributed by atoms with Crippen LogP contribution in [0.4, 0.5) is 0 Å². The summed E-state index contributed by atoms with van der Waals surface area (Å²) in [4.78, 5) is 4.58. The number of para-hydroxylation sites is 1. The Hall–Kier alpha value is -0.540. The lowest BCUT2D eigenvalue weighted by Crippen LogP contribution is -1.81. The molecule has 0 aliphatic heterocycles. The van der Waals surface area contributed by atoms with E-state index in [4.69, 9.17) is 0 Å². The number of hydrogen-bond acceptors (Lipinski definition) is 3. The predicted molar refractivity (Wildman–Crippen MR) is 60.8 cm³/mol. The van der Waals surface area contributed by atoms with Crippen LogP contribution in [0.5, 0.6) is 0 Å². The molecular weight excluding hydrogens is 198 g/mol. The Balaban J connectivity index is 2.67. The molecule has 0 N–H and O–H groups in total. The lowest BCUT2D eigenvalue weighted by Gasteiger charge is -1.95. The number of aryl methyl sites for hydroxylation is 1. The SMILES string of the molecule is CCc1cccc2sc(SC)nc12. The fraction of sp³-hybridized carbons (Fsp3) is 0.300. The lowest BCUT2D eigenvalue weighted by molar-refractivity contribution is 1.14. The fourth-order valence-corrected chi connectivity index (χ4v) is 2.89. The minimum atomic E-state index is 1.06. The Kier molecular flexibility index (Phi) is 2.56. The van der Waals surface area contributed by atoms with Crippen molar-refractivity contribution in [1.29, 1.82) is 0 Å². The van der Waals surface area contributed by atoms with Gasteiger partial charge in [0.1, 0.15) is 0 Å². The molecule has 1 aromatic carbocycles. The predicted octanol–water partition coefficient (Wildman–Crippen LogP) is 3.58. The minimum absolute atomic E-state index is 1.06. The van der Waals surface area contributed by atoms with E-state index < -0.39 is 0 Å². The summed E-state index contributed by atoms with van der Waals surface area (Å²) in [5.74, 6) is 0. The van der Waals surface area contributed by atoms with E-state index in [1.165, 1.54) is 15.8 Å². The zero-order chi connectivity index (χ0) is 9.26. The van der Waals surface area contributed by atoms with Crippen molar-refractivity contribution < 1.29 is 0 Å². The van der Waals surface area contributed by atoms with Crippen LogP contribution in [0.1, 0.15) is 12.5 Å². The fourth-order valence-electron chi connectivity index (χ4n) is 1.36. The lowest BCUT2D eigenvalue weighted by atomic mass is 10.1. The van der Waals surface area contributed by atoms with Gasteiger partial charge >= 0.3 is 0 Å². The molecule has 68 valence electrons. The molecular formula is C10H11NS2. The Morgan fingerprint density at radius 1 is 1.46 bits per heavy atom. The summed E-state index contributed by atoms with van der Waals surface area (Å²) in [6, 6.07) is 6.42. The molecule has 0 unspecified atom stereocenters. The van der Waals surface area contributed by atoms with Crippen molar-refractivity contribution in [3.63, 3.8) is 0 Å². The van der Waals surface area contributed by atoms with Crippen LogP contribution in [-0.4, -0.2) is 11.2 Å². The van der Waals surface area contributed by atoms with Gasteiger partial charge in [-0.15, -0.1) is 11.3 Å². The van der Waals surface area contributed by atoms with Gasteiger partial charge in [0.25, 0.3) is 0 Å². The van der Waals surface area contributed by atoms with Gasteiger partial charge in [0.05, 0.1) is 10.2 Å². The smallest absolute Gasteiger partial charge is 0.150 e. The van der Waals surface area contributed by atoms with Crippen molar-refractivity contribution in [3.05, 3.63) is 23.8 Å². The highest BCUT2D eigenvalue weighted by Crippen LogP contribution is 2.29. The van der Waals surface area contributed by atoms with Crippen LogP contribution in [0.25, 0.3) is 10.2 Å². The first-order chi connectivity index (χ1) is 6.35. The molecule has 0 bridgehead atoms. The molecule has 3 heteroatoms. The third kappa shape index (κ3) is 1.58. The van der Waals surface area contributed by atoms with Crippen molar-refractivity contribution in [1.82, 2.24) is 4.98 Å². The van der Waals surface area contributed by atoms with E-state index in [1.807, 2.05) is 0 Å². The normalized spacial score (nSPS) is 10.9. The number of aromatic nitrogens is 1. The molecule has 0 aliphatic rings. The van der Waals surface area contributed by atoms with E-state index in [0.29, 0.717) is 0 Å². The van der Waals surface area contributed by atoms with Crippen LogP contribution in [-0.2, 0) is 6.42 Å². The number of fused-ring (bicyclic) bond motifs is 1. The Labute approximate surface area is 86.2 Å². The van der Waals surface area contributed by atoms with E-state index in [1.54, 1.807) is 23.1 Å². The average Bonchev–Trinajstić information content (AvgIpc) is 2.59. The summed E-state index contributed by atoms with van der Waals surface area (Å²) < 4.78 is 2.47. The molecule has 13 heavy (non-hydrogen) atoms. The molecule has 0 aliphatic carbocycles. The molecule has 0 radical (unpaired) electrons. The Bertz CT molecular complexity index is 420. The highest BCUT2D eigenvalue weighted by molar-refractivity contribution is 8.00. The zero-order valence-corrected chi connectivity index (χ0v) is 9.34. The van der Waals surface area contributed by atoms with Crippen molar-refractivity contribution >= 4 is 33.3 Å². The number of thiazole rings is 1. The van der Waals surface area contributed by atoms with Gasteiger partial charge in [0.15, 0.2) is 4.34 Å². The second kappa shape index (κ2) is 3.68. The van der Waals surface area contributed by atoms with E-state index in [0.717, 1.165) is 10.8 Å². The van der Waals surface area contributed by atoms with Crippen LogP contribution in [0.3, 0.4) is 0 Å². The van der Waals surface area contributed by atoms with Gasteiger partial charge in [-0.2, -0.15) is 0 Å². The van der Waals surface area contributed by atoms with E-state index in [2.05, 4.69) is 36.4 Å². The minimum Gasteiger partial charge on any atom is -0.229 e. The second-order valence-electron chi connectivity index (χ2n) is 2.80. The van der Waals surface area contributed by atoms with Gasteiger partial charge in [-0.1, -0.05) is 30.8 Å². The Morgan fingerprint density at radius 3 is 3.00 bits per heavy atom. The molecule has 1 aromatic heterocycles. The van der Waals surface area contributed by atoms with Crippen LogP contribution in [0.15, 0.2) is 22.5 Å². The third-order valence-corrected chi connectivity index (χ3v) is 4.04. The van der Waals surface area contributed by atoms with Crippen LogP contribution < -0.4 is 0 Å². The molecule has 0 fully saturated rings. The van der Waals surface area contributed by atoms with Crippen molar-refractivity contribution in [3.8, 4) is 0 Å². The maximum absolute atomic E-state index is 4.58. The molecule has 0 saturated carbocycles. The monoisotopic (exact) mass is 209 g/mol. The van der Waals surface area contributed by atoms with Crippen LogP contribution >= 0.6 is 23.1 Å². The van der Waals surface area contributed by atoms with Gasteiger partial charge in [0.2, 0.25) is 0 Å². The number of thioether (sulfide) groups is 1. The molecule has 1 heterocycles. The standard InChI is InChI=1S/C10H11NS2/c1-3-7-5-4-6-8-9(7)11-10(12-2)13-8/h4-6H,3H2,1-2H3.